The van der Waals surface area contributed by atoms with Gasteiger partial charge in [0.25, 0.3) is 0 Å². The van der Waals surface area contributed by atoms with Gasteiger partial charge in [0.05, 0.1) is 0 Å². The number of benzene rings is 5. The fraction of sp³-hybridized carbons (Fsp3) is 0.320. The molecule has 0 unspecified atom stereocenters. The highest BCUT2D eigenvalue weighted by Crippen LogP contribution is 2.31. The van der Waals surface area contributed by atoms with E-state index >= 15 is 0 Å². The first-order valence-corrected chi connectivity index (χ1v) is 19.6. The van der Waals surface area contributed by atoms with E-state index in [0.29, 0.717) is 0 Å². The number of aryl methyl sites for hydroxylation is 2. The Morgan fingerprint density at radius 2 is 0.840 bits per heavy atom. The van der Waals surface area contributed by atoms with Crippen molar-refractivity contribution in [3.63, 3.8) is 0 Å². The molecule has 258 valence electrons. The summed E-state index contributed by atoms with van der Waals surface area (Å²) in [6.45, 7) is 4.57. The zero-order valence-electron chi connectivity index (χ0n) is 30.8. The Morgan fingerprint density at radius 3 is 1.40 bits per heavy atom. The van der Waals surface area contributed by atoms with Gasteiger partial charge < -0.3 is 0 Å². The van der Waals surface area contributed by atoms with Gasteiger partial charge in [0, 0.05) is 0 Å². The molecule has 0 fully saturated rings. The van der Waals surface area contributed by atoms with E-state index in [4.69, 9.17) is 0 Å². The molecule has 5 aromatic rings. The van der Waals surface area contributed by atoms with Crippen LogP contribution < -0.4 is 0 Å². The Balaban J connectivity index is 1.33. The van der Waals surface area contributed by atoms with Crippen molar-refractivity contribution in [1.82, 2.24) is 0 Å². The zero-order valence-corrected chi connectivity index (χ0v) is 30.8. The van der Waals surface area contributed by atoms with Crippen LogP contribution in [0.1, 0.15) is 124 Å². The molecule has 0 N–H and O–H groups in total. The summed E-state index contributed by atoms with van der Waals surface area (Å²) in [5, 5.41) is 0. The van der Waals surface area contributed by atoms with Gasteiger partial charge in [-0.3, -0.25) is 0 Å². The number of unbranched alkanes of at least 4 members (excludes halogenated alkanes) is 10. The minimum absolute atomic E-state index is 1.17. The van der Waals surface area contributed by atoms with E-state index < -0.39 is 0 Å². The lowest BCUT2D eigenvalue weighted by molar-refractivity contribution is 0.607. The predicted octanol–water partition coefficient (Wildman–Crippen LogP) is 15.2. The van der Waals surface area contributed by atoms with E-state index in [1.165, 1.54) is 146 Å². The normalized spacial score (nSPS) is 11.6. The third kappa shape index (κ3) is 11.9. The van der Waals surface area contributed by atoms with Crippen molar-refractivity contribution in [2.75, 3.05) is 0 Å². The van der Waals surface area contributed by atoms with Gasteiger partial charge in [0.1, 0.15) is 0 Å². The smallest absolute Gasteiger partial charge is 0.0105 e. The number of hydrogen-bond donors (Lipinski definition) is 0. The standard InChI is InChI=1S/C50H58/c1-3-5-7-9-11-14-19-41-25-29-43(30-26-41)33-35-47-23-18-24-49(48-38-36-46(37-39-48)45-21-16-13-17-22-45)50(47)40-34-44-31-27-42(28-32-44)20-15-12-10-8-6-4-2/h13,16-18,21-40H,3-12,14-15,19-20H2,1-2H3. The SMILES string of the molecule is CCCCCCCCc1ccc(C=Cc2cccc(-c3ccc(-c4ccccc4)cc3)c2C=Cc2ccc(CCCCCCCC)cc2)cc1. The van der Waals surface area contributed by atoms with Crippen molar-refractivity contribution < 1.29 is 0 Å². The topological polar surface area (TPSA) is 0 Å². The maximum Gasteiger partial charge on any atom is -0.0105 e. The average molecular weight is 659 g/mol. The Labute approximate surface area is 304 Å². The molecule has 0 saturated heterocycles. The molecule has 0 bridgehead atoms. The first kappa shape index (κ1) is 36.9. The summed E-state index contributed by atoms with van der Waals surface area (Å²) in [6.07, 6.45) is 27.6. The van der Waals surface area contributed by atoms with E-state index in [1.807, 2.05) is 0 Å². The maximum atomic E-state index is 2.32. The third-order valence-corrected chi connectivity index (χ3v) is 9.94. The monoisotopic (exact) mass is 658 g/mol. The van der Waals surface area contributed by atoms with Crippen molar-refractivity contribution in [2.24, 2.45) is 0 Å². The van der Waals surface area contributed by atoms with Crippen LogP contribution in [0.3, 0.4) is 0 Å². The molecule has 0 heteroatoms. The lowest BCUT2D eigenvalue weighted by Crippen LogP contribution is -1.89. The summed E-state index contributed by atoms with van der Waals surface area (Å²) < 4.78 is 0. The maximum absolute atomic E-state index is 2.32. The van der Waals surface area contributed by atoms with Crippen LogP contribution in [0, 0.1) is 0 Å². The summed E-state index contributed by atoms with van der Waals surface area (Å²) in [6, 6.07) is 44.7. The molecule has 0 saturated carbocycles. The largest absolute Gasteiger partial charge is 0.0654 e. The predicted molar refractivity (Wildman–Crippen MR) is 222 cm³/mol. The molecule has 0 aliphatic carbocycles. The molecule has 0 heterocycles. The van der Waals surface area contributed by atoms with E-state index in [1.54, 1.807) is 0 Å². The van der Waals surface area contributed by atoms with Crippen LogP contribution in [-0.4, -0.2) is 0 Å². The van der Waals surface area contributed by atoms with Crippen molar-refractivity contribution >= 4 is 24.3 Å². The molecule has 0 aliphatic rings. The molecule has 0 amide bonds. The molecule has 0 nitrogen and oxygen atoms in total. The Morgan fingerprint density at radius 1 is 0.360 bits per heavy atom. The lowest BCUT2D eigenvalue weighted by Gasteiger charge is -2.12. The molecule has 5 rings (SSSR count). The van der Waals surface area contributed by atoms with Gasteiger partial charge in [-0.2, -0.15) is 0 Å². The van der Waals surface area contributed by atoms with Gasteiger partial charge in [-0.25, -0.2) is 0 Å². The van der Waals surface area contributed by atoms with Gasteiger partial charge in [-0.05, 0) is 81.3 Å². The third-order valence-electron chi connectivity index (χ3n) is 9.94. The quantitative estimate of drug-likeness (QED) is 0.0577. The van der Waals surface area contributed by atoms with Crippen LogP contribution in [0.25, 0.3) is 46.6 Å². The van der Waals surface area contributed by atoms with E-state index in [-0.39, 0.29) is 0 Å². The lowest BCUT2D eigenvalue weighted by atomic mass is 9.92. The molecule has 0 aliphatic heterocycles. The average Bonchev–Trinajstić information content (AvgIpc) is 3.17. The molecule has 0 atom stereocenters. The Bertz CT molecular complexity index is 1720. The molecule has 0 radical (unpaired) electrons. The van der Waals surface area contributed by atoms with E-state index in [9.17, 15) is 0 Å². The van der Waals surface area contributed by atoms with Crippen molar-refractivity contribution in [2.45, 2.75) is 104 Å². The van der Waals surface area contributed by atoms with Crippen LogP contribution in [0.4, 0.5) is 0 Å². The molecule has 0 aromatic heterocycles. The van der Waals surface area contributed by atoms with E-state index in [0.717, 1.165) is 0 Å². The van der Waals surface area contributed by atoms with Crippen LogP contribution in [-0.2, 0) is 12.8 Å². The van der Waals surface area contributed by atoms with Crippen LogP contribution >= 0.6 is 0 Å². The summed E-state index contributed by atoms with van der Waals surface area (Å²) in [5.41, 5.74) is 12.8. The van der Waals surface area contributed by atoms with Crippen molar-refractivity contribution in [3.8, 4) is 22.3 Å². The number of hydrogen-bond acceptors (Lipinski definition) is 0. The molecular weight excluding hydrogens is 601 g/mol. The second-order valence-electron chi connectivity index (χ2n) is 13.9. The van der Waals surface area contributed by atoms with E-state index in [2.05, 4.69) is 159 Å². The van der Waals surface area contributed by atoms with Crippen LogP contribution in [0.5, 0.6) is 0 Å². The summed E-state index contributed by atoms with van der Waals surface area (Å²) >= 11 is 0. The van der Waals surface area contributed by atoms with Crippen LogP contribution in [0.2, 0.25) is 0 Å². The second kappa shape index (κ2) is 20.9. The van der Waals surface area contributed by atoms with Gasteiger partial charge in [-0.1, -0.05) is 224 Å². The summed E-state index contributed by atoms with van der Waals surface area (Å²) in [7, 11) is 0. The van der Waals surface area contributed by atoms with Gasteiger partial charge >= 0.3 is 0 Å². The highest BCUT2D eigenvalue weighted by Gasteiger charge is 2.08. The minimum atomic E-state index is 1.17. The molecule has 50 heavy (non-hydrogen) atoms. The highest BCUT2D eigenvalue weighted by molar-refractivity contribution is 5.88. The molecule has 5 aromatic carbocycles. The Kier molecular flexibility index (Phi) is 15.4. The molecular formula is C50H58. The first-order valence-electron chi connectivity index (χ1n) is 19.6. The summed E-state index contributed by atoms with van der Waals surface area (Å²) in [5.74, 6) is 0. The first-order chi connectivity index (χ1) is 24.7. The van der Waals surface area contributed by atoms with Gasteiger partial charge in [0.15, 0.2) is 0 Å². The fourth-order valence-electron chi connectivity index (χ4n) is 6.81. The Hall–Kier alpha value is -4.42. The highest BCUT2D eigenvalue weighted by atomic mass is 14.1. The molecule has 0 spiro atoms. The zero-order chi connectivity index (χ0) is 34.6. The van der Waals surface area contributed by atoms with Crippen molar-refractivity contribution in [3.05, 3.63) is 155 Å². The van der Waals surface area contributed by atoms with Gasteiger partial charge in [-0.15, -0.1) is 0 Å². The van der Waals surface area contributed by atoms with Crippen molar-refractivity contribution in [1.29, 1.82) is 0 Å². The summed E-state index contributed by atoms with van der Waals surface area (Å²) in [4.78, 5) is 0. The fourth-order valence-corrected chi connectivity index (χ4v) is 6.81. The minimum Gasteiger partial charge on any atom is -0.0654 e. The number of rotatable bonds is 20. The second-order valence-corrected chi connectivity index (χ2v) is 13.9. The van der Waals surface area contributed by atoms with Crippen LogP contribution in [0.15, 0.2) is 121 Å². The van der Waals surface area contributed by atoms with Gasteiger partial charge in [0.2, 0.25) is 0 Å².